The molecule has 0 amide bonds. The maximum absolute atomic E-state index is 12.7. The Morgan fingerprint density at radius 1 is 1.18 bits per heavy atom. The summed E-state index contributed by atoms with van der Waals surface area (Å²) < 4.78 is 69.8. The molecule has 3 N–H and O–H groups in total. The summed E-state index contributed by atoms with van der Waals surface area (Å²) in [5, 5.41) is 7.93. The number of aromatic nitrogens is 1. The number of sulfonamides is 1. The second-order valence-electron chi connectivity index (χ2n) is 7.58. The zero-order valence-corrected chi connectivity index (χ0v) is 19.6. The lowest BCUT2D eigenvalue weighted by atomic mass is 10.2. The van der Waals surface area contributed by atoms with Crippen LogP contribution in [-0.4, -0.2) is 45.9 Å². The molecule has 1 fully saturated rings. The van der Waals surface area contributed by atoms with Crippen molar-refractivity contribution in [3.63, 3.8) is 0 Å². The van der Waals surface area contributed by atoms with Crippen molar-refractivity contribution in [3.8, 4) is 5.75 Å². The second-order valence-corrected chi connectivity index (χ2v) is 9.98. The Hall–Kier alpha value is -3.03. The molecule has 8 nitrogen and oxygen atoms in total. The van der Waals surface area contributed by atoms with Gasteiger partial charge >= 0.3 is 6.36 Å². The van der Waals surface area contributed by atoms with Crippen LogP contribution in [0.1, 0.15) is 6.42 Å². The fourth-order valence-electron chi connectivity index (χ4n) is 3.62. The summed E-state index contributed by atoms with van der Waals surface area (Å²) in [6, 6.07) is 10.4. The van der Waals surface area contributed by atoms with Crippen molar-refractivity contribution >= 4 is 44.2 Å². The minimum absolute atomic E-state index is 0.0524. The summed E-state index contributed by atoms with van der Waals surface area (Å²) in [6.45, 7) is 1.29. The summed E-state index contributed by atoms with van der Waals surface area (Å²) in [7, 11) is -1.96. The van der Waals surface area contributed by atoms with E-state index in [0.717, 1.165) is 6.42 Å². The van der Waals surface area contributed by atoms with Crippen molar-refractivity contribution in [3.05, 3.63) is 53.4 Å². The van der Waals surface area contributed by atoms with Crippen LogP contribution in [0, 0.1) is 0 Å². The summed E-state index contributed by atoms with van der Waals surface area (Å²) in [5.41, 5.74) is 3.22. The highest BCUT2D eigenvalue weighted by molar-refractivity contribution is 7.92. The Kier molecular flexibility index (Phi) is 6.86. The number of nitrogens with zero attached hydrogens (tertiary/aromatic N) is 2. The van der Waals surface area contributed by atoms with E-state index in [1.807, 2.05) is 11.9 Å². The smallest absolute Gasteiger partial charge is 0.406 e. The Morgan fingerprint density at radius 3 is 2.56 bits per heavy atom. The van der Waals surface area contributed by atoms with E-state index in [1.165, 1.54) is 47.2 Å². The number of alkyl halides is 3. The van der Waals surface area contributed by atoms with Gasteiger partial charge in [0, 0.05) is 36.3 Å². The molecule has 2 heterocycles. The van der Waals surface area contributed by atoms with Crippen LogP contribution in [0.15, 0.2) is 58.3 Å². The van der Waals surface area contributed by atoms with E-state index in [4.69, 9.17) is 0 Å². The van der Waals surface area contributed by atoms with Gasteiger partial charge in [0.15, 0.2) is 5.82 Å². The van der Waals surface area contributed by atoms with Crippen LogP contribution in [0.2, 0.25) is 0 Å². The van der Waals surface area contributed by atoms with Crippen molar-refractivity contribution < 1.29 is 26.3 Å². The van der Waals surface area contributed by atoms with E-state index in [2.05, 4.69) is 25.1 Å². The SMILES string of the molecule is CNC1CCN(c2cc(OC(F)(F)F)ccc2Nc2ccc(S(=O)(=O)Nc3cscn3)cc2)C1. The Labute approximate surface area is 198 Å². The maximum atomic E-state index is 12.7. The van der Waals surface area contributed by atoms with Gasteiger partial charge in [-0.2, -0.15) is 0 Å². The van der Waals surface area contributed by atoms with Gasteiger partial charge in [-0.05, 0) is 49.9 Å². The fourth-order valence-corrected chi connectivity index (χ4v) is 5.18. The average Bonchev–Trinajstić information content (AvgIpc) is 3.46. The third-order valence-corrected chi connectivity index (χ3v) is 7.21. The van der Waals surface area contributed by atoms with Crippen molar-refractivity contribution in [1.82, 2.24) is 10.3 Å². The highest BCUT2D eigenvalue weighted by atomic mass is 32.2. The van der Waals surface area contributed by atoms with E-state index < -0.39 is 16.4 Å². The maximum Gasteiger partial charge on any atom is 0.573 e. The molecule has 0 saturated carbocycles. The highest BCUT2D eigenvalue weighted by Gasteiger charge is 2.32. The molecule has 3 aromatic rings. The second kappa shape index (κ2) is 9.68. The first-order valence-electron chi connectivity index (χ1n) is 10.2. The molecule has 1 saturated heterocycles. The number of nitrogens with one attached hydrogen (secondary N) is 3. The first kappa shape index (κ1) is 24.1. The molecular formula is C21H22F3N5O3S2. The molecule has 1 aromatic heterocycles. The van der Waals surface area contributed by atoms with Gasteiger partial charge in [0.25, 0.3) is 10.0 Å². The molecule has 1 aliphatic heterocycles. The van der Waals surface area contributed by atoms with Crippen molar-refractivity contribution in [2.45, 2.75) is 23.7 Å². The predicted molar refractivity (Wildman–Crippen MR) is 125 cm³/mol. The average molecular weight is 514 g/mol. The normalized spacial score (nSPS) is 16.5. The van der Waals surface area contributed by atoms with Gasteiger partial charge in [0.1, 0.15) is 5.75 Å². The van der Waals surface area contributed by atoms with E-state index in [0.29, 0.717) is 30.2 Å². The number of anilines is 4. The molecule has 1 aliphatic rings. The summed E-state index contributed by atoms with van der Waals surface area (Å²) >= 11 is 1.27. The molecule has 0 aliphatic carbocycles. The number of benzene rings is 2. The Morgan fingerprint density at radius 2 is 1.94 bits per heavy atom. The zero-order valence-electron chi connectivity index (χ0n) is 18.0. The lowest BCUT2D eigenvalue weighted by Gasteiger charge is -2.24. The number of ether oxygens (including phenoxy) is 1. The van der Waals surface area contributed by atoms with Crippen LogP contribution in [-0.2, 0) is 10.0 Å². The molecule has 2 aromatic carbocycles. The van der Waals surface area contributed by atoms with Crippen molar-refractivity contribution in [1.29, 1.82) is 0 Å². The highest BCUT2D eigenvalue weighted by Crippen LogP contribution is 2.36. The third-order valence-electron chi connectivity index (χ3n) is 5.25. The molecule has 0 spiro atoms. The van der Waals surface area contributed by atoms with Crippen LogP contribution in [0.3, 0.4) is 0 Å². The Bertz CT molecular complexity index is 1220. The van der Waals surface area contributed by atoms with E-state index in [9.17, 15) is 21.6 Å². The predicted octanol–water partition coefficient (Wildman–Crippen LogP) is 4.38. The zero-order chi connectivity index (χ0) is 24.3. The molecule has 182 valence electrons. The van der Waals surface area contributed by atoms with Crippen LogP contribution >= 0.6 is 11.3 Å². The van der Waals surface area contributed by atoms with Crippen LogP contribution < -0.4 is 25.0 Å². The number of hydrogen-bond donors (Lipinski definition) is 3. The molecular weight excluding hydrogens is 491 g/mol. The number of likely N-dealkylation sites (N-methyl/N-ethyl adjacent to an activating group) is 1. The van der Waals surface area contributed by atoms with E-state index in [-0.39, 0.29) is 22.5 Å². The summed E-state index contributed by atoms with van der Waals surface area (Å²) in [6.07, 6.45) is -3.95. The van der Waals surface area contributed by atoms with Crippen LogP contribution in [0.5, 0.6) is 5.75 Å². The van der Waals surface area contributed by atoms with Crippen LogP contribution in [0.4, 0.5) is 36.1 Å². The van der Waals surface area contributed by atoms with Gasteiger partial charge in [0.2, 0.25) is 0 Å². The van der Waals surface area contributed by atoms with E-state index >= 15 is 0 Å². The molecule has 0 bridgehead atoms. The Balaban J connectivity index is 1.56. The van der Waals surface area contributed by atoms with Gasteiger partial charge in [-0.25, -0.2) is 13.4 Å². The third kappa shape index (κ3) is 5.90. The standard InChI is InChI=1S/C21H22F3N5O3S2/c1-25-15-8-9-29(11-15)19-10-16(32-21(22,23)24)4-7-18(19)27-14-2-5-17(6-3-14)34(30,31)28-20-12-33-13-26-20/h2-7,10,12-13,15,25,27-28H,8-9,11H2,1H3. The number of halogens is 3. The largest absolute Gasteiger partial charge is 0.573 e. The van der Waals surface area contributed by atoms with Gasteiger partial charge in [0.05, 0.1) is 21.8 Å². The topological polar surface area (TPSA) is 95.6 Å². The first-order valence-corrected chi connectivity index (χ1v) is 12.7. The first-order chi connectivity index (χ1) is 16.1. The van der Waals surface area contributed by atoms with Crippen molar-refractivity contribution in [2.75, 3.05) is 35.1 Å². The minimum atomic E-state index is -4.79. The molecule has 13 heteroatoms. The number of hydrogen-bond acceptors (Lipinski definition) is 8. The van der Waals surface area contributed by atoms with Gasteiger partial charge in [-0.3, -0.25) is 4.72 Å². The summed E-state index contributed by atoms with van der Waals surface area (Å²) in [5.74, 6) is -0.0704. The van der Waals surface area contributed by atoms with Crippen LogP contribution in [0.25, 0.3) is 0 Å². The molecule has 1 atom stereocenters. The minimum Gasteiger partial charge on any atom is -0.406 e. The van der Waals surface area contributed by atoms with E-state index in [1.54, 1.807) is 17.5 Å². The molecule has 1 unspecified atom stereocenters. The lowest BCUT2D eigenvalue weighted by molar-refractivity contribution is -0.274. The number of rotatable bonds is 8. The molecule has 4 rings (SSSR count). The van der Waals surface area contributed by atoms with Gasteiger partial charge in [-0.15, -0.1) is 24.5 Å². The van der Waals surface area contributed by atoms with Gasteiger partial charge < -0.3 is 20.3 Å². The lowest BCUT2D eigenvalue weighted by Crippen LogP contribution is -2.29. The number of thiazole rings is 1. The molecule has 0 radical (unpaired) electrons. The van der Waals surface area contributed by atoms with Crippen molar-refractivity contribution in [2.24, 2.45) is 0 Å². The van der Waals surface area contributed by atoms with Gasteiger partial charge in [-0.1, -0.05) is 0 Å². The quantitative estimate of drug-likeness (QED) is 0.411. The summed E-state index contributed by atoms with van der Waals surface area (Å²) in [4.78, 5) is 5.94. The fraction of sp³-hybridized carbons (Fsp3) is 0.286. The monoisotopic (exact) mass is 513 g/mol. The molecule has 34 heavy (non-hydrogen) atoms.